The Bertz CT molecular complexity index is 643. The number of aliphatic carboxylic acids is 1. The number of carbonyl (C=O) groups is 3. The van der Waals surface area contributed by atoms with Crippen LogP contribution in [0.25, 0.3) is 0 Å². The Balaban J connectivity index is 2.00. The van der Waals surface area contributed by atoms with Crippen molar-refractivity contribution in [3.63, 3.8) is 0 Å². The molecular formula is C15H15F3N2O4. The molecule has 0 saturated carbocycles. The van der Waals surface area contributed by atoms with Crippen molar-refractivity contribution in [3.05, 3.63) is 35.4 Å². The Labute approximate surface area is 135 Å². The van der Waals surface area contributed by atoms with Crippen LogP contribution in [0.3, 0.4) is 0 Å². The van der Waals surface area contributed by atoms with Crippen LogP contribution < -0.4 is 5.32 Å². The molecule has 1 fully saturated rings. The monoisotopic (exact) mass is 344 g/mol. The molecule has 0 radical (unpaired) electrons. The maximum atomic E-state index is 12.3. The quantitative estimate of drug-likeness (QED) is 0.868. The number of carboxylic acid groups (broad SMARTS) is 1. The predicted octanol–water partition coefficient (Wildman–Crippen LogP) is 1.55. The number of benzene rings is 1. The van der Waals surface area contributed by atoms with E-state index in [-0.39, 0.29) is 12.1 Å². The highest BCUT2D eigenvalue weighted by Crippen LogP contribution is 2.20. The first kappa shape index (κ1) is 17.8. The summed E-state index contributed by atoms with van der Waals surface area (Å²) in [6.07, 6.45) is -3.95. The van der Waals surface area contributed by atoms with Crippen molar-refractivity contribution < 1.29 is 32.7 Å². The summed E-state index contributed by atoms with van der Waals surface area (Å²) in [6, 6.07) is 4.76. The lowest BCUT2D eigenvalue weighted by Gasteiger charge is -2.21. The summed E-state index contributed by atoms with van der Waals surface area (Å²) >= 11 is 0. The van der Waals surface area contributed by atoms with E-state index in [1.165, 1.54) is 29.2 Å². The average Bonchev–Trinajstić information content (AvgIpc) is 3.01. The number of hydrogen-bond donors (Lipinski definition) is 2. The second-order valence-electron chi connectivity index (χ2n) is 5.37. The SMILES string of the molecule is O=C(O)C1CCCN1C(=O)c1ccc(CNC(=O)C(F)(F)F)cc1. The van der Waals surface area contributed by atoms with Crippen molar-refractivity contribution >= 4 is 17.8 Å². The Kier molecular flexibility index (Phi) is 5.10. The molecular weight excluding hydrogens is 329 g/mol. The molecule has 1 heterocycles. The van der Waals surface area contributed by atoms with Crippen LogP contribution in [0.5, 0.6) is 0 Å². The van der Waals surface area contributed by atoms with Crippen molar-refractivity contribution in [3.8, 4) is 0 Å². The second-order valence-corrected chi connectivity index (χ2v) is 5.37. The first-order valence-corrected chi connectivity index (χ1v) is 7.18. The van der Waals surface area contributed by atoms with E-state index in [9.17, 15) is 27.6 Å². The Morgan fingerprint density at radius 2 is 1.83 bits per heavy atom. The number of nitrogens with one attached hydrogen (secondary N) is 1. The number of rotatable bonds is 4. The average molecular weight is 344 g/mol. The highest BCUT2D eigenvalue weighted by Gasteiger charge is 2.38. The Morgan fingerprint density at radius 1 is 1.21 bits per heavy atom. The number of carbonyl (C=O) groups excluding carboxylic acids is 2. The van der Waals surface area contributed by atoms with Crippen LogP contribution in [0.15, 0.2) is 24.3 Å². The lowest BCUT2D eigenvalue weighted by molar-refractivity contribution is -0.173. The molecule has 1 aliphatic rings. The van der Waals surface area contributed by atoms with Crippen molar-refractivity contribution in [1.82, 2.24) is 10.2 Å². The van der Waals surface area contributed by atoms with Crippen LogP contribution in [0.4, 0.5) is 13.2 Å². The van der Waals surface area contributed by atoms with E-state index in [2.05, 4.69) is 0 Å². The molecule has 1 aromatic carbocycles. The van der Waals surface area contributed by atoms with Gasteiger partial charge in [-0.2, -0.15) is 13.2 Å². The highest BCUT2D eigenvalue weighted by molar-refractivity contribution is 5.97. The van der Waals surface area contributed by atoms with Crippen molar-refractivity contribution in [2.45, 2.75) is 31.6 Å². The molecule has 1 unspecified atom stereocenters. The maximum absolute atomic E-state index is 12.3. The van der Waals surface area contributed by atoms with E-state index in [0.717, 1.165) is 0 Å². The third-order valence-electron chi connectivity index (χ3n) is 3.71. The molecule has 24 heavy (non-hydrogen) atoms. The molecule has 0 aromatic heterocycles. The van der Waals surface area contributed by atoms with Crippen LogP contribution in [-0.4, -0.2) is 46.6 Å². The molecule has 2 N–H and O–H groups in total. The summed E-state index contributed by atoms with van der Waals surface area (Å²) in [4.78, 5) is 35.4. The zero-order chi connectivity index (χ0) is 17.9. The lowest BCUT2D eigenvalue weighted by atomic mass is 10.1. The largest absolute Gasteiger partial charge is 0.480 e. The molecule has 0 bridgehead atoms. The van der Waals surface area contributed by atoms with Gasteiger partial charge >= 0.3 is 18.1 Å². The second kappa shape index (κ2) is 6.90. The summed E-state index contributed by atoms with van der Waals surface area (Å²) in [5.74, 6) is -3.54. The molecule has 1 saturated heterocycles. The van der Waals surface area contributed by atoms with Gasteiger partial charge in [0, 0.05) is 18.7 Å². The van der Waals surface area contributed by atoms with Gasteiger partial charge in [0.2, 0.25) is 0 Å². The normalized spacial score (nSPS) is 17.6. The van der Waals surface area contributed by atoms with E-state index in [1.807, 2.05) is 0 Å². The highest BCUT2D eigenvalue weighted by atomic mass is 19.4. The van der Waals surface area contributed by atoms with Crippen LogP contribution in [-0.2, 0) is 16.1 Å². The van der Waals surface area contributed by atoms with E-state index in [0.29, 0.717) is 24.9 Å². The summed E-state index contributed by atoms with van der Waals surface area (Å²) in [7, 11) is 0. The zero-order valence-electron chi connectivity index (χ0n) is 12.5. The number of likely N-dealkylation sites (tertiary alicyclic amines) is 1. The summed E-state index contributed by atoms with van der Waals surface area (Å²) in [6.45, 7) is 0.0213. The molecule has 2 rings (SSSR count). The number of halogens is 3. The number of nitrogens with zero attached hydrogens (tertiary/aromatic N) is 1. The summed E-state index contributed by atoms with van der Waals surface area (Å²) < 4.78 is 36.3. The molecule has 2 amide bonds. The van der Waals surface area contributed by atoms with Gasteiger partial charge in [-0.1, -0.05) is 12.1 Å². The third kappa shape index (κ3) is 4.03. The van der Waals surface area contributed by atoms with E-state index >= 15 is 0 Å². The fourth-order valence-corrected chi connectivity index (χ4v) is 2.48. The zero-order valence-corrected chi connectivity index (χ0v) is 12.5. The van der Waals surface area contributed by atoms with Crippen molar-refractivity contribution in [2.24, 2.45) is 0 Å². The van der Waals surface area contributed by atoms with Crippen molar-refractivity contribution in [2.75, 3.05) is 6.54 Å². The lowest BCUT2D eigenvalue weighted by Crippen LogP contribution is -2.40. The first-order chi connectivity index (χ1) is 11.2. The van der Waals surface area contributed by atoms with Crippen LogP contribution in [0.1, 0.15) is 28.8 Å². The predicted molar refractivity (Wildman–Crippen MR) is 76.0 cm³/mol. The molecule has 6 nitrogen and oxygen atoms in total. The number of alkyl halides is 3. The number of amides is 2. The van der Waals surface area contributed by atoms with E-state index in [1.54, 1.807) is 5.32 Å². The maximum Gasteiger partial charge on any atom is 0.471 e. The molecule has 0 spiro atoms. The molecule has 9 heteroatoms. The van der Waals surface area contributed by atoms with Gasteiger partial charge in [-0.15, -0.1) is 0 Å². The Morgan fingerprint density at radius 3 is 2.38 bits per heavy atom. The van der Waals surface area contributed by atoms with Gasteiger partial charge in [-0.25, -0.2) is 4.79 Å². The van der Waals surface area contributed by atoms with Gasteiger partial charge in [0.15, 0.2) is 0 Å². The minimum atomic E-state index is -4.95. The third-order valence-corrected chi connectivity index (χ3v) is 3.71. The van der Waals surface area contributed by atoms with Gasteiger partial charge in [0.1, 0.15) is 6.04 Å². The fourth-order valence-electron chi connectivity index (χ4n) is 2.48. The van der Waals surface area contributed by atoms with Gasteiger partial charge in [0.25, 0.3) is 5.91 Å². The first-order valence-electron chi connectivity index (χ1n) is 7.18. The van der Waals surface area contributed by atoms with E-state index < -0.39 is 30.0 Å². The Hall–Kier alpha value is -2.58. The number of hydrogen-bond acceptors (Lipinski definition) is 3. The van der Waals surface area contributed by atoms with E-state index in [4.69, 9.17) is 5.11 Å². The fraction of sp³-hybridized carbons (Fsp3) is 0.400. The minimum absolute atomic E-state index is 0.244. The molecule has 1 aliphatic heterocycles. The molecule has 1 aromatic rings. The van der Waals surface area contributed by atoms with Gasteiger partial charge < -0.3 is 15.3 Å². The number of carboxylic acids is 1. The smallest absolute Gasteiger partial charge is 0.471 e. The van der Waals surface area contributed by atoms with Gasteiger partial charge in [-0.3, -0.25) is 9.59 Å². The molecule has 0 aliphatic carbocycles. The van der Waals surface area contributed by atoms with Crippen molar-refractivity contribution in [1.29, 1.82) is 0 Å². The van der Waals surface area contributed by atoms with Crippen LogP contribution in [0.2, 0.25) is 0 Å². The minimum Gasteiger partial charge on any atom is -0.480 e. The standard InChI is InChI=1S/C15H15F3N2O4/c16-15(17,18)14(24)19-8-9-3-5-10(6-4-9)12(21)20-7-1-2-11(20)13(22)23/h3-6,11H,1-2,7-8H2,(H,19,24)(H,22,23). The molecule has 1 atom stereocenters. The summed E-state index contributed by atoms with van der Waals surface area (Å²) in [5.41, 5.74) is 0.634. The van der Waals surface area contributed by atoms with Crippen LogP contribution in [0, 0.1) is 0 Å². The van der Waals surface area contributed by atoms with Gasteiger partial charge in [-0.05, 0) is 30.5 Å². The summed E-state index contributed by atoms with van der Waals surface area (Å²) in [5, 5.41) is 10.8. The van der Waals surface area contributed by atoms with Crippen LogP contribution >= 0.6 is 0 Å². The molecule has 130 valence electrons. The van der Waals surface area contributed by atoms with Gasteiger partial charge in [0.05, 0.1) is 0 Å². The topological polar surface area (TPSA) is 86.7 Å².